The van der Waals surface area contributed by atoms with E-state index in [1.54, 1.807) is 6.07 Å². The van der Waals surface area contributed by atoms with Crippen LogP contribution in [0.5, 0.6) is 5.75 Å². The summed E-state index contributed by atoms with van der Waals surface area (Å²) in [6.07, 6.45) is 1.54. The van der Waals surface area contributed by atoms with Crippen molar-refractivity contribution >= 4 is 15.9 Å². The SMILES string of the molecule is CCC(CC)C(=O)NCc1ccc(OC)c(S(N)(=O)=O)c1. The van der Waals surface area contributed by atoms with Crippen molar-refractivity contribution in [3.8, 4) is 5.75 Å². The molecule has 1 aromatic rings. The lowest BCUT2D eigenvalue weighted by Crippen LogP contribution is -2.29. The van der Waals surface area contributed by atoms with Gasteiger partial charge in [0.05, 0.1) is 7.11 Å². The maximum Gasteiger partial charge on any atom is 0.241 e. The molecule has 118 valence electrons. The van der Waals surface area contributed by atoms with Crippen molar-refractivity contribution in [3.05, 3.63) is 23.8 Å². The Hall–Kier alpha value is -1.60. The molecule has 0 atom stereocenters. The van der Waals surface area contributed by atoms with Crippen LogP contribution in [0.15, 0.2) is 23.1 Å². The summed E-state index contributed by atoms with van der Waals surface area (Å²) in [5, 5.41) is 7.96. The molecule has 0 fully saturated rings. The van der Waals surface area contributed by atoms with E-state index in [0.717, 1.165) is 12.8 Å². The van der Waals surface area contributed by atoms with Gasteiger partial charge in [-0.15, -0.1) is 0 Å². The van der Waals surface area contributed by atoms with E-state index in [-0.39, 0.29) is 29.0 Å². The Bertz CT molecular complexity index is 595. The highest BCUT2D eigenvalue weighted by molar-refractivity contribution is 7.89. The molecule has 3 N–H and O–H groups in total. The Morgan fingerprint density at radius 3 is 2.43 bits per heavy atom. The normalized spacial score (nSPS) is 11.5. The van der Waals surface area contributed by atoms with Crippen molar-refractivity contribution in [1.29, 1.82) is 0 Å². The zero-order chi connectivity index (χ0) is 16.0. The predicted molar refractivity (Wildman–Crippen MR) is 80.3 cm³/mol. The number of benzene rings is 1. The summed E-state index contributed by atoms with van der Waals surface area (Å²) in [5.41, 5.74) is 0.652. The van der Waals surface area contributed by atoms with Crippen LogP contribution in [0.4, 0.5) is 0 Å². The topological polar surface area (TPSA) is 98.5 Å². The summed E-state index contributed by atoms with van der Waals surface area (Å²) in [7, 11) is -2.50. The highest BCUT2D eigenvalue weighted by Crippen LogP contribution is 2.23. The number of primary sulfonamides is 1. The van der Waals surface area contributed by atoms with E-state index >= 15 is 0 Å². The maximum atomic E-state index is 11.9. The van der Waals surface area contributed by atoms with Crippen LogP contribution < -0.4 is 15.2 Å². The molecule has 0 aromatic heterocycles. The molecule has 0 radical (unpaired) electrons. The average molecular weight is 314 g/mol. The van der Waals surface area contributed by atoms with Gasteiger partial charge in [0, 0.05) is 12.5 Å². The van der Waals surface area contributed by atoms with Crippen molar-refractivity contribution < 1.29 is 17.9 Å². The first-order valence-corrected chi connectivity index (χ1v) is 8.35. The van der Waals surface area contributed by atoms with Gasteiger partial charge >= 0.3 is 0 Å². The molecule has 1 amide bonds. The number of nitrogens with one attached hydrogen (secondary N) is 1. The van der Waals surface area contributed by atoms with Crippen LogP contribution in [0.1, 0.15) is 32.3 Å². The molecule has 0 spiro atoms. The van der Waals surface area contributed by atoms with Crippen molar-refractivity contribution in [2.24, 2.45) is 11.1 Å². The number of rotatable bonds is 7. The summed E-state index contributed by atoms with van der Waals surface area (Å²) >= 11 is 0. The van der Waals surface area contributed by atoms with E-state index in [2.05, 4.69) is 5.32 Å². The van der Waals surface area contributed by atoms with Crippen molar-refractivity contribution in [1.82, 2.24) is 5.32 Å². The number of nitrogens with two attached hydrogens (primary N) is 1. The molecule has 0 unspecified atom stereocenters. The molecule has 7 heteroatoms. The minimum atomic E-state index is -3.87. The second-order valence-corrected chi connectivity index (χ2v) is 6.29. The lowest BCUT2D eigenvalue weighted by Gasteiger charge is -2.14. The average Bonchev–Trinajstić information content (AvgIpc) is 2.45. The minimum Gasteiger partial charge on any atom is -0.495 e. The molecule has 0 heterocycles. The van der Waals surface area contributed by atoms with E-state index < -0.39 is 10.0 Å². The number of amides is 1. The number of hydrogen-bond donors (Lipinski definition) is 2. The number of sulfonamides is 1. The Labute approximate surface area is 125 Å². The number of methoxy groups -OCH3 is 1. The van der Waals surface area contributed by atoms with E-state index in [0.29, 0.717) is 5.56 Å². The second kappa shape index (κ2) is 7.42. The number of carbonyl (C=O) groups excluding carboxylic acids is 1. The molecular formula is C14H22N2O4S. The molecule has 0 saturated carbocycles. The quantitative estimate of drug-likeness (QED) is 0.794. The van der Waals surface area contributed by atoms with Gasteiger partial charge in [0.2, 0.25) is 15.9 Å². The molecule has 6 nitrogen and oxygen atoms in total. The van der Waals surface area contributed by atoms with Gasteiger partial charge in [-0.05, 0) is 30.5 Å². The van der Waals surface area contributed by atoms with Crippen LogP contribution in [0.2, 0.25) is 0 Å². The summed E-state index contributed by atoms with van der Waals surface area (Å²) in [6.45, 7) is 4.17. The van der Waals surface area contributed by atoms with Crippen molar-refractivity contribution in [2.45, 2.75) is 38.1 Å². The largest absolute Gasteiger partial charge is 0.495 e. The number of ether oxygens (including phenoxy) is 1. The number of carbonyl (C=O) groups is 1. The molecule has 0 bridgehead atoms. The predicted octanol–water partition coefficient (Wildman–Crippen LogP) is 1.40. The third kappa shape index (κ3) is 4.71. The molecule has 0 saturated heterocycles. The fourth-order valence-corrected chi connectivity index (χ4v) is 2.79. The van der Waals surface area contributed by atoms with E-state index in [4.69, 9.17) is 9.88 Å². The van der Waals surface area contributed by atoms with Crippen molar-refractivity contribution in [2.75, 3.05) is 7.11 Å². The zero-order valence-electron chi connectivity index (χ0n) is 12.5. The molecule has 1 rings (SSSR count). The van der Waals surface area contributed by atoms with E-state index in [1.807, 2.05) is 13.8 Å². The van der Waals surface area contributed by atoms with Gasteiger partial charge in [-0.1, -0.05) is 19.9 Å². The summed E-state index contributed by atoms with van der Waals surface area (Å²) in [6, 6.07) is 4.64. The summed E-state index contributed by atoms with van der Waals surface area (Å²) < 4.78 is 28.0. The van der Waals surface area contributed by atoms with Gasteiger partial charge in [-0.2, -0.15) is 0 Å². The van der Waals surface area contributed by atoms with Crippen LogP contribution in [0.25, 0.3) is 0 Å². The van der Waals surface area contributed by atoms with Gasteiger partial charge < -0.3 is 10.1 Å². The lowest BCUT2D eigenvalue weighted by molar-refractivity contribution is -0.125. The van der Waals surface area contributed by atoms with Gasteiger partial charge in [0.15, 0.2) is 0 Å². The van der Waals surface area contributed by atoms with E-state index in [9.17, 15) is 13.2 Å². The van der Waals surface area contributed by atoms with Crippen LogP contribution in [-0.2, 0) is 21.4 Å². The van der Waals surface area contributed by atoms with E-state index in [1.165, 1.54) is 19.2 Å². The van der Waals surface area contributed by atoms with Crippen LogP contribution in [0.3, 0.4) is 0 Å². The van der Waals surface area contributed by atoms with Gasteiger partial charge in [0.25, 0.3) is 0 Å². The molecule has 0 aliphatic heterocycles. The Morgan fingerprint density at radius 1 is 1.33 bits per heavy atom. The molecule has 1 aromatic carbocycles. The molecule has 21 heavy (non-hydrogen) atoms. The maximum absolute atomic E-state index is 11.9. The smallest absolute Gasteiger partial charge is 0.241 e. The molecule has 0 aliphatic rings. The van der Waals surface area contributed by atoms with Gasteiger partial charge in [-0.25, -0.2) is 13.6 Å². The summed E-state index contributed by atoms with van der Waals surface area (Å²) in [5.74, 6) is 0.126. The zero-order valence-corrected chi connectivity index (χ0v) is 13.4. The van der Waals surface area contributed by atoms with Crippen LogP contribution in [0, 0.1) is 5.92 Å². The summed E-state index contributed by atoms with van der Waals surface area (Å²) in [4.78, 5) is 11.8. The van der Waals surface area contributed by atoms with Crippen LogP contribution >= 0.6 is 0 Å². The Morgan fingerprint density at radius 2 is 1.95 bits per heavy atom. The van der Waals surface area contributed by atoms with Crippen molar-refractivity contribution in [3.63, 3.8) is 0 Å². The monoisotopic (exact) mass is 314 g/mol. The Balaban J connectivity index is 2.89. The highest BCUT2D eigenvalue weighted by atomic mass is 32.2. The highest BCUT2D eigenvalue weighted by Gasteiger charge is 2.17. The first-order chi connectivity index (χ1) is 9.83. The van der Waals surface area contributed by atoms with Gasteiger partial charge in [-0.3, -0.25) is 4.79 Å². The standard InChI is InChI=1S/C14H22N2O4S/c1-4-11(5-2)14(17)16-9-10-6-7-12(20-3)13(8-10)21(15,18)19/h6-8,11H,4-5,9H2,1-3H3,(H,16,17)(H2,15,18,19). The third-order valence-electron chi connectivity index (χ3n) is 3.36. The second-order valence-electron chi connectivity index (χ2n) is 4.76. The first-order valence-electron chi connectivity index (χ1n) is 6.80. The van der Waals surface area contributed by atoms with Crippen LogP contribution in [-0.4, -0.2) is 21.4 Å². The first kappa shape index (κ1) is 17.5. The Kier molecular flexibility index (Phi) is 6.17. The third-order valence-corrected chi connectivity index (χ3v) is 4.29. The fourth-order valence-electron chi connectivity index (χ4n) is 2.05. The molecule has 0 aliphatic carbocycles. The molecular weight excluding hydrogens is 292 g/mol. The fraction of sp³-hybridized carbons (Fsp3) is 0.500. The number of hydrogen-bond acceptors (Lipinski definition) is 4. The minimum absolute atomic E-state index is 0.0269. The lowest BCUT2D eigenvalue weighted by atomic mass is 10.0. The van der Waals surface area contributed by atoms with Gasteiger partial charge in [0.1, 0.15) is 10.6 Å².